The average molecular weight is 399 g/mol. The van der Waals surface area contributed by atoms with Gasteiger partial charge in [-0.2, -0.15) is 5.26 Å². The van der Waals surface area contributed by atoms with E-state index in [0.717, 1.165) is 5.56 Å². The van der Waals surface area contributed by atoms with Crippen LogP contribution in [0.25, 0.3) is 11.5 Å². The zero-order valence-electron chi connectivity index (χ0n) is 15.4. The number of benzene rings is 2. The van der Waals surface area contributed by atoms with Crippen molar-refractivity contribution in [2.45, 2.75) is 26.6 Å². The van der Waals surface area contributed by atoms with Crippen LogP contribution in [0, 0.1) is 18.3 Å². The van der Waals surface area contributed by atoms with Crippen molar-refractivity contribution in [3.05, 3.63) is 58.1 Å². The third-order valence-electron chi connectivity index (χ3n) is 4.24. The maximum atomic E-state index is 9.95. The first kappa shape index (κ1) is 19.8. The summed E-state index contributed by atoms with van der Waals surface area (Å²) in [6.45, 7) is 3.60. The van der Waals surface area contributed by atoms with Gasteiger partial charge < -0.3 is 14.6 Å². The third-order valence-corrected chi connectivity index (χ3v) is 4.73. The maximum Gasteiger partial charge on any atom is 0.323 e. The fourth-order valence-electron chi connectivity index (χ4n) is 2.79. The van der Waals surface area contributed by atoms with Crippen LogP contribution >= 0.6 is 11.6 Å². The SMILES string of the molecule is Cc1c(N(C[C@H](C)O)c2nnc(-c3ccc(CO)cc3)o2)ccc(C#N)c1Cl. The Morgan fingerprint density at radius 3 is 2.54 bits per heavy atom. The Hall–Kier alpha value is -2.92. The highest BCUT2D eigenvalue weighted by Crippen LogP contribution is 2.34. The summed E-state index contributed by atoms with van der Waals surface area (Å²) in [4.78, 5) is 1.67. The molecular weight excluding hydrogens is 380 g/mol. The fraction of sp³-hybridized carbons (Fsp3) is 0.250. The Bertz CT molecular complexity index is 1010. The number of hydrogen-bond acceptors (Lipinski definition) is 7. The Morgan fingerprint density at radius 1 is 1.21 bits per heavy atom. The van der Waals surface area contributed by atoms with Gasteiger partial charge in [0.2, 0.25) is 5.89 Å². The molecule has 0 saturated carbocycles. The molecule has 0 aliphatic carbocycles. The van der Waals surface area contributed by atoms with E-state index in [2.05, 4.69) is 10.2 Å². The number of anilines is 2. The summed E-state index contributed by atoms with van der Waals surface area (Å²) in [5.74, 6) is 0.312. The molecule has 0 fully saturated rings. The van der Waals surface area contributed by atoms with Crippen molar-refractivity contribution in [1.82, 2.24) is 10.2 Å². The van der Waals surface area contributed by atoms with Crippen LogP contribution in [0.15, 0.2) is 40.8 Å². The summed E-state index contributed by atoms with van der Waals surface area (Å²) >= 11 is 6.30. The molecule has 1 atom stereocenters. The first-order chi connectivity index (χ1) is 13.4. The minimum Gasteiger partial charge on any atom is -0.403 e. The van der Waals surface area contributed by atoms with Gasteiger partial charge in [-0.05, 0) is 49.2 Å². The lowest BCUT2D eigenvalue weighted by molar-refractivity contribution is 0.201. The van der Waals surface area contributed by atoms with E-state index in [1.54, 1.807) is 55.1 Å². The topological polar surface area (TPSA) is 106 Å². The van der Waals surface area contributed by atoms with Crippen molar-refractivity contribution in [1.29, 1.82) is 5.26 Å². The van der Waals surface area contributed by atoms with Crippen LogP contribution in [-0.2, 0) is 6.61 Å². The zero-order chi connectivity index (χ0) is 20.3. The molecule has 2 N–H and O–H groups in total. The van der Waals surface area contributed by atoms with Gasteiger partial charge in [0.15, 0.2) is 0 Å². The minimum atomic E-state index is -0.673. The molecule has 0 spiro atoms. The van der Waals surface area contributed by atoms with Gasteiger partial charge in [0.05, 0.1) is 29.8 Å². The molecule has 0 aliphatic rings. The van der Waals surface area contributed by atoms with Crippen LogP contribution in [0.5, 0.6) is 0 Å². The van der Waals surface area contributed by atoms with E-state index >= 15 is 0 Å². The van der Waals surface area contributed by atoms with Crippen molar-refractivity contribution >= 4 is 23.3 Å². The molecule has 1 heterocycles. The Kier molecular flexibility index (Phi) is 5.95. The van der Waals surface area contributed by atoms with E-state index in [1.165, 1.54) is 0 Å². The van der Waals surface area contributed by atoms with Crippen molar-refractivity contribution in [2.24, 2.45) is 0 Å². The van der Waals surface area contributed by atoms with Gasteiger partial charge in [0, 0.05) is 11.3 Å². The highest BCUT2D eigenvalue weighted by Gasteiger charge is 2.22. The van der Waals surface area contributed by atoms with E-state index < -0.39 is 6.10 Å². The van der Waals surface area contributed by atoms with Gasteiger partial charge >= 0.3 is 6.01 Å². The summed E-state index contributed by atoms with van der Waals surface area (Å²) in [7, 11) is 0. The second-order valence-corrected chi connectivity index (χ2v) is 6.77. The number of nitriles is 1. The molecule has 2 aromatic carbocycles. The van der Waals surface area contributed by atoms with Crippen molar-refractivity contribution < 1.29 is 14.6 Å². The molecule has 8 heteroatoms. The molecule has 3 rings (SSSR count). The van der Waals surface area contributed by atoms with Crippen LogP contribution in [0.2, 0.25) is 5.02 Å². The molecule has 1 aromatic heterocycles. The molecule has 144 valence electrons. The molecule has 0 saturated heterocycles. The Balaban J connectivity index is 2.01. The van der Waals surface area contributed by atoms with Gasteiger partial charge in [-0.3, -0.25) is 4.90 Å². The molecule has 0 aliphatic heterocycles. The summed E-state index contributed by atoms with van der Waals surface area (Å²) in [6.07, 6.45) is -0.673. The Morgan fingerprint density at radius 2 is 1.93 bits per heavy atom. The molecule has 0 amide bonds. The van der Waals surface area contributed by atoms with E-state index in [-0.39, 0.29) is 19.2 Å². The van der Waals surface area contributed by atoms with Gasteiger partial charge in [0.25, 0.3) is 0 Å². The maximum absolute atomic E-state index is 9.95. The molecule has 0 bridgehead atoms. The lowest BCUT2D eigenvalue weighted by atomic mass is 10.1. The predicted molar refractivity (Wildman–Crippen MR) is 105 cm³/mol. The number of hydrogen-bond donors (Lipinski definition) is 2. The molecule has 7 nitrogen and oxygen atoms in total. The minimum absolute atomic E-state index is 0.0454. The quantitative estimate of drug-likeness (QED) is 0.653. The summed E-state index contributed by atoms with van der Waals surface area (Å²) in [5, 5.41) is 36.8. The number of aliphatic hydroxyl groups excluding tert-OH is 2. The number of aliphatic hydroxyl groups is 2. The molecule has 28 heavy (non-hydrogen) atoms. The molecule has 0 unspecified atom stereocenters. The third kappa shape index (κ3) is 3.99. The van der Waals surface area contributed by atoms with Crippen LogP contribution in [0.4, 0.5) is 11.7 Å². The average Bonchev–Trinajstić information content (AvgIpc) is 3.18. The van der Waals surface area contributed by atoms with E-state index in [4.69, 9.17) is 26.4 Å². The standard InChI is InChI=1S/C20H19ClN4O3/c1-12(27)10-25(17-8-7-16(9-22)18(21)13(17)2)20-24-23-19(28-20)15-5-3-14(11-26)4-6-15/h3-8,12,26-27H,10-11H2,1-2H3/t12-/m0/s1. The zero-order valence-corrected chi connectivity index (χ0v) is 16.2. The second kappa shape index (κ2) is 8.40. The normalized spacial score (nSPS) is 11.9. The summed E-state index contributed by atoms with van der Waals surface area (Å²) < 4.78 is 5.83. The van der Waals surface area contributed by atoms with Crippen LogP contribution < -0.4 is 4.90 Å². The first-order valence-corrected chi connectivity index (χ1v) is 9.01. The summed E-state index contributed by atoms with van der Waals surface area (Å²) in [5.41, 5.74) is 3.20. The van der Waals surface area contributed by atoms with Crippen LogP contribution in [0.3, 0.4) is 0 Å². The number of halogens is 1. The van der Waals surface area contributed by atoms with Gasteiger partial charge in [0.1, 0.15) is 6.07 Å². The van der Waals surface area contributed by atoms with Gasteiger partial charge in [-0.25, -0.2) is 0 Å². The summed E-state index contributed by atoms with van der Waals surface area (Å²) in [6, 6.07) is 12.7. The largest absolute Gasteiger partial charge is 0.403 e. The lowest BCUT2D eigenvalue weighted by Crippen LogP contribution is -2.27. The molecule has 0 radical (unpaired) electrons. The highest BCUT2D eigenvalue weighted by molar-refractivity contribution is 6.32. The number of rotatable bonds is 6. The van der Waals surface area contributed by atoms with Gasteiger partial charge in [-0.1, -0.05) is 28.8 Å². The molecular formula is C20H19ClN4O3. The monoisotopic (exact) mass is 398 g/mol. The van der Waals surface area contributed by atoms with Crippen molar-refractivity contribution in [3.8, 4) is 17.5 Å². The fourth-order valence-corrected chi connectivity index (χ4v) is 2.99. The first-order valence-electron chi connectivity index (χ1n) is 8.63. The smallest absolute Gasteiger partial charge is 0.323 e. The highest BCUT2D eigenvalue weighted by atomic mass is 35.5. The van der Waals surface area contributed by atoms with E-state index in [1.807, 2.05) is 6.07 Å². The second-order valence-electron chi connectivity index (χ2n) is 6.39. The lowest BCUT2D eigenvalue weighted by Gasteiger charge is -2.24. The van der Waals surface area contributed by atoms with Crippen molar-refractivity contribution in [3.63, 3.8) is 0 Å². The van der Waals surface area contributed by atoms with Crippen molar-refractivity contribution in [2.75, 3.05) is 11.4 Å². The van der Waals surface area contributed by atoms with Crippen LogP contribution in [0.1, 0.15) is 23.6 Å². The number of nitrogens with zero attached hydrogens (tertiary/aromatic N) is 4. The number of aromatic nitrogens is 2. The van der Waals surface area contributed by atoms with Gasteiger partial charge in [-0.15, -0.1) is 5.10 Å². The predicted octanol–water partition coefficient (Wildman–Crippen LogP) is 3.58. The van der Waals surface area contributed by atoms with E-state index in [9.17, 15) is 5.11 Å². The van der Waals surface area contributed by atoms with Crippen LogP contribution in [-0.4, -0.2) is 33.1 Å². The Labute approximate surface area is 167 Å². The molecule has 3 aromatic rings. The van der Waals surface area contributed by atoms with E-state index in [0.29, 0.717) is 33.3 Å².